The molecule has 1 rings (SSSR count). The van der Waals surface area contributed by atoms with Gasteiger partial charge in [0.25, 0.3) is 0 Å². The van der Waals surface area contributed by atoms with Crippen LogP contribution in [0.2, 0.25) is 0 Å². The summed E-state index contributed by atoms with van der Waals surface area (Å²) in [6, 6.07) is 0. The van der Waals surface area contributed by atoms with Gasteiger partial charge in [-0.05, 0) is 19.8 Å². The maximum absolute atomic E-state index is 12.7. The van der Waals surface area contributed by atoms with Crippen LogP contribution in [0.15, 0.2) is 0 Å². The summed E-state index contributed by atoms with van der Waals surface area (Å²) in [7, 11) is 0. The molecule has 0 aliphatic heterocycles. The molecule has 0 radical (unpaired) electrons. The highest BCUT2D eigenvalue weighted by atomic mass is 19.4. The van der Waals surface area contributed by atoms with Crippen molar-refractivity contribution in [2.75, 3.05) is 6.54 Å². The molecule has 100 valence electrons. The molecule has 0 aromatic rings. The Morgan fingerprint density at radius 1 is 1.41 bits per heavy atom. The average molecular weight is 253 g/mol. The van der Waals surface area contributed by atoms with Crippen molar-refractivity contribution in [2.24, 2.45) is 11.8 Å². The van der Waals surface area contributed by atoms with Crippen LogP contribution in [0.4, 0.5) is 13.2 Å². The lowest BCUT2D eigenvalue weighted by atomic mass is 9.78. The first-order chi connectivity index (χ1) is 7.82. The second-order valence-corrected chi connectivity index (χ2v) is 4.63. The molecule has 0 aromatic carbocycles. The third kappa shape index (κ3) is 4.18. The first-order valence-electron chi connectivity index (χ1n) is 5.85. The number of carbonyl (C=O) groups is 1. The normalized spacial score (nSPS) is 27.6. The van der Waals surface area contributed by atoms with E-state index in [0.717, 1.165) is 0 Å². The lowest BCUT2D eigenvalue weighted by Gasteiger charge is -2.32. The first kappa shape index (κ1) is 14.3. The summed E-state index contributed by atoms with van der Waals surface area (Å²) < 4.78 is 38.2. The lowest BCUT2D eigenvalue weighted by Crippen LogP contribution is -2.44. The van der Waals surface area contributed by atoms with Crippen molar-refractivity contribution in [1.29, 1.82) is 0 Å². The quantitative estimate of drug-likeness (QED) is 0.806. The average Bonchev–Trinajstić information content (AvgIpc) is 2.24. The summed E-state index contributed by atoms with van der Waals surface area (Å²) in [5, 5.41) is 11.4. The Labute approximate surface area is 98.4 Å². The Bertz CT molecular complexity index is 266. The number of hydrogen-bond donors (Lipinski definition) is 2. The van der Waals surface area contributed by atoms with E-state index < -0.39 is 30.0 Å². The first-order valence-corrected chi connectivity index (χ1v) is 5.85. The highest BCUT2D eigenvalue weighted by molar-refractivity contribution is 5.79. The van der Waals surface area contributed by atoms with Crippen molar-refractivity contribution in [2.45, 2.75) is 44.9 Å². The lowest BCUT2D eigenvalue weighted by molar-refractivity contribution is -0.198. The number of aliphatic hydroxyl groups excluding tert-OH is 1. The Balaban J connectivity index is 2.61. The number of nitrogens with one attached hydrogen (secondary N) is 1. The van der Waals surface area contributed by atoms with Gasteiger partial charge in [-0.3, -0.25) is 4.79 Å². The van der Waals surface area contributed by atoms with Crippen LogP contribution in [-0.4, -0.2) is 29.8 Å². The fourth-order valence-corrected chi connectivity index (χ4v) is 2.22. The monoisotopic (exact) mass is 253 g/mol. The van der Waals surface area contributed by atoms with Crippen molar-refractivity contribution in [3.63, 3.8) is 0 Å². The fraction of sp³-hybridized carbons (Fsp3) is 0.909. The summed E-state index contributed by atoms with van der Waals surface area (Å²) in [5.74, 6) is -3.12. The Morgan fingerprint density at radius 3 is 2.53 bits per heavy atom. The number of rotatable bonds is 3. The minimum Gasteiger partial charge on any atom is -0.392 e. The van der Waals surface area contributed by atoms with Gasteiger partial charge in [-0.15, -0.1) is 0 Å². The molecular weight excluding hydrogens is 235 g/mol. The van der Waals surface area contributed by atoms with E-state index in [1.165, 1.54) is 6.92 Å². The highest BCUT2D eigenvalue weighted by Crippen LogP contribution is 2.41. The van der Waals surface area contributed by atoms with E-state index in [0.29, 0.717) is 12.8 Å². The van der Waals surface area contributed by atoms with E-state index in [1.807, 2.05) is 0 Å². The molecule has 3 nitrogen and oxygen atoms in total. The number of alkyl halides is 3. The minimum absolute atomic E-state index is 0.0000888. The van der Waals surface area contributed by atoms with Gasteiger partial charge in [0.15, 0.2) is 0 Å². The van der Waals surface area contributed by atoms with Gasteiger partial charge in [0.1, 0.15) is 0 Å². The van der Waals surface area contributed by atoms with Gasteiger partial charge in [-0.1, -0.05) is 12.8 Å². The molecule has 17 heavy (non-hydrogen) atoms. The van der Waals surface area contributed by atoms with E-state index in [9.17, 15) is 18.0 Å². The molecule has 0 saturated heterocycles. The van der Waals surface area contributed by atoms with E-state index in [2.05, 4.69) is 5.32 Å². The third-order valence-corrected chi connectivity index (χ3v) is 3.09. The zero-order valence-electron chi connectivity index (χ0n) is 9.76. The van der Waals surface area contributed by atoms with Crippen molar-refractivity contribution < 1.29 is 23.1 Å². The Hall–Kier alpha value is -0.780. The zero-order valence-corrected chi connectivity index (χ0v) is 9.76. The summed E-state index contributed by atoms with van der Waals surface area (Å²) >= 11 is 0. The summed E-state index contributed by atoms with van der Waals surface area (Å²) in [4.78, 5) is 11.6. The van der Waals surface area contributed by atoms with Crippen molar-refractivity contribution in [1.82, 2.24) is 5.32 Å². The summed E-state index contributed by atoms with van der Waals surface area (Å²) in [6.07, 6.45) is -3.59. The molecule has 0 aromatic heterocycles. The predicted octanol–water partition coefficient (Wildman–Crippen LogP) is 1.85. The molecule has 2 N–H and O–H groups in total. The largest absolute Gasteiger partial charge is 0.392 e. The predicted molar refractivity (Wildman–Crippen MR) is 56.2 cm³/mol. The van der Waals surface area contributed by atoms with Crippen LogP contribution in [0.3, 0.4) is 0 Å². The van der Waals surface area contributed by atoms with Gasteiger partial charge in [0, 0.05) is 12.5 Å². The van der Waals surface area contributed by atoms with Crippen LogP contribution >= 0.6 is 0 Å². The summed E-state index contributed by atoms with van der Waals surface area (Å²) in [6.45, 7) is 1.47. The number of carbonyl (C=O) groups excluding carboxylic acids is 1. The van der Waals surface area contributed by atoms with Crippen molar-refractivity contribution in [3.05, 3.63) is 0 Å². The summed E-state index contributed by atoms with van der Waals surface area (Å²) in [5.41, 5.74) is 0. The topological polar surface area (TPSA) is 49.3 Å². The zero-order chi connectivity index (χ0) is 13.1. The standard InChI is InChI=1S/C11H18F3NO2/c1-7(16)6-15-10(17)8-4-2-3-5-9(8)11(12,13)14/h7-9,16H,2-6H2,1H3,(H,15,17)/t7-,8?,9?/m1/s1. The molecule has 0 heterocycles. The van der Waals surface area contributed by atoms with Crippen molar-refractivity contribution >= 4 is 5.91 Å². The van der Waals surface area contributed by atoms with E-state index in [4.69, 9.17) is 5.11 Å². The molecule has 0 bridgehead atoms. The maximum Gasteiger partial charge on any atom is 0.392 e. The molecular formula is C11H18F3NO2. The van der Waals surface area contributed by atoms with Crippen LogP contribution in [0.25, 0.3) is 0 Å². The van der Waals surface area contributed by atoms with Gasteiger partial charge >= 0.3 is 6.18 Å². The smallest absolute Gasteiger partial charge is 0.392 e. The number of aliphatic hydroxyl groups is 1. The molecule has 0 spiro atoms. The third-order valence-electron chi connectivity index (χ3n) is 3.09. The van der Waals surface area contributed by atoms with Gasteiger partial charge in [0.2, 0.25) is 5.91 Å². The maximum atomic E-state index is 12.7. The number of amides is 1. The van der Waals surface area contributed by atoms with Crippen LogP contribution < -0.4 is 5.32 Å². The minimum atomic E-state index is -4.31. The van der Waals surface area contributed by atoms with Crippen LogP contribution in [0.1, 0.15) is 32.6 Å². The highest BCUT2D eigenvalue weighted by Gasteiger charge is 2.47. The second-order valence-electron chi connectivity index (χ2n) is 4.63. The number of halogens is 3. The molecule has 3 atom stereocenters. The van der Waals surface area contributed by atoms with Gasteiger partial charge in [0.05, 0.1) is 12.0 Å². The fourth-order valence-electron chi connectivity index (χ4n) is 2.22. The van der Waals surface area contributed by atoms with E-state index >= 15 is 0 Å². The molecule has 6 heteroatoms. The Morgan fingerprint density at radius 2 is 2.00 bits per heavy atom. The molecule has 1 aliphatic carbocycles. The molecule has 1 aliphatic rings. The van der Waals surface area contributed by atoms with Crippen molar-refractivity contribution in [3.8, 4) is 0 Å². The molecule has 1 saturated carbocycles. The molecule has 1 amide bonds. The van der Waals surface area contributed by atoms with Crippen LogP contribution in [0.5, 0.6) is 0 Å². The van der Waals surface area contributed by atoms with Gasteiger partial charge in [-0.25, -0.2) is 0 Å². The van der Waals surface area contributed by atoms with Crippen LogP contribution in [0, 0.1) is 11.8 Å². The van der Waals surface area contributed by atoms with E-state index in [-0.39, 0.29) is 19.4 Å². The Kier molecular flexibility index (Phi) is 4.80. The second kappa shape index (κ2) is 5.71. The van der Waals surface area contributed by atoms with Crippen LogP contribution in [-0.2, 0) is 4.79 Å². The van der Waals surface area contributed by atoms with Gasteiger partial charge in [-0.2, -0.15) is 13.2 Å². The molecule has 1 fully saturated rings. The molecule has 2 unspecified atom stereocenters. The van der Waals surface area contributed by atoms with E-state index in [1.54, 1.807) is 0 Å². The number of hydrogen-bond acceptors (Lipinski definition) is 2. The van der Waals surface area contributed by atoms with Gasteiger partial charge < -0.3 is 10.4 Å². The SMILES string of the molecule is C[C@@H](O)CNC(=O)C1CCCCC1C(F)(F)F.